The van der Waals surface area contributed by atoms with Crippen molar-refractivity contribution in [1.82, 2.24) is 9.96 Å². The summed E-state index contributed by atoms with van der Waals surface area (Å²) < 4.78 is 1.92. The van der Waals surface area contributed by atoms with E-state index in [2.05, 4.69) is 5.32 Å². The van der Waals surface area contributed by atoms with E-state index in [1.807, 2.05) is 61.5 Å². The third-order valence-electron chi connectivity index (χ3n) is 5.85. The first-order valence-electron chi connectivity index (χ1n) is 11.6. The molecule has 0 atom stereocenters. The molecule has 189 valence electrons. The SMILES string of the molecule is CON(CCN(C)C)C(=O)c1ccc([As]/C(=C2/C(=O)Nc3cc(C(=O)O)ccc32)c2ccccc2)cc1. The fraction of sp³-hybridized carbons (Fsp3) is 0.179. The van der Waals surface area contributed by atoms with E-state index in [1.165, 1.54) is 24.3 Å². The van der Waals surface area contributed by atoms with Crippen molar-refractivity contribution in [2.75, 3.05) is 39.6 Å². The van der Waals surface area contributed by atoms with E-state index < -0.39 is 21.7 Å². The first-order chi connectivity index (χ1) is 17.8. The quantitative estimate of drug-likeness (QED) is 0.237. The Morgan fingerprint density at radius 2 is 1.59 bits per heavy atom. The number of likely N-dealkylation sites (N-methyl/N-ethyl adjacent to an activating group) is 1. The number of carbonyl (C=O) groups is 3. The zero-order valence-corrected chi connectivity index (χ0v) is 22.6. The van der Waals surface area contributed by atoms with Crippen LogP contribution in [-0.4, -0.2) is 82.9 Å². The molecule has 2 amide bonds. The predicted molar refractivity (Wildman–Crippen MR) is 144 cm³/mol. The molecule has 0 fully saturated rings. The summed E-state index contributed by atoms with van der Waals surface area (Å²) in [7, 11) is 5.35. The molecular formula is C28H27AsN3O5. The summed E-state index contributed by atoms with van der Waals surface area (Å²) in [6.07, 6.45) is 0. The summed E-state index contributed by atoms with van der Waals surface area (Å²) in [5.74, 6) is -1.52. The van der Waals surface area contributed by atoms with Crippen LogP contribution in [0.5, 0.6) is 0 Å². The first-order valence-corrected chi connectivity index (χ1v) is 13.5. The molecule has 9 heteroatoms. The number of carbonyl (C=O) groups excluding carboxylic acids is 2. The van der Waals surface area contributed by atoms with E-state index in [-0.39, 0.29) is 17.4 Å². The van der Waals surface area contributed by atoms with Gasteiger partial charge in [-0.05, 0) is 0 Å². The van der Waals surface area contributed by atoms with E-state index >= 15 is 0 Å². The number of amides is 2. The van der Waals surface area contributed by atoms with Crippen LogP contribution in [-0.2, 0) is 9.63 Å². The van der Waals surface area contributed by atoms with E-state index in [9.17, 15) is 19.5 Å². The number of nitrogens with one attached hydrogen (secondary N) is 1. The third kappa shape index (κ3) is 6.00. The number of anilines is 1. The molecular weight excluding hydrogens is 533 g/mol. The van der Waals surface area contributed by atoms with Crippen LogP contribution in [0, 0.1) is 0 Å². The standard InChI is InChI=1S/C28H27AsN3O5/c1-31(2)15-16-32(37-3)27(34)19-9-12-21(13-10-19)29-25(18-7-5-4-6-8-18)24-22-14-11-20(28(35)36)17-23(22)30-26(24)33/h4-14,17H,15-16H2,1-3H3,(H,30,33)(H,35,36)/b25-24+. The number of carboxylic acids is 1. The molecule has 0 saturated carbocycles. The topological polar surface area (TPSA) is 99.2 Å². The van der Waals surface area contributed by atoms with Gasteiger partial charge in [0.2, 0.25) is 0 Å². The number of hydroxylamine groups is 2. The van der Waals surface area contributed by atoms with Crippen molar-refractivity contribution < 1.29 is 24.3 Å². The van der Waals surface area contributed by atoms with Crippen LogP contribution in [0.3, 0.4) is 0 Å². The van der Waals surface area contributed by atoms with Crippen LogP contribution >= 0.6 is 0 Å². The van der Waals surface area contributed by atoms with Gasteiger partial charge in [0, 0.05) is 0 Å². The van der Waals surface area contributed by atoms with Gasteiger partial charge < -0.3 is 0 Å². The fourth-order valence-electron chi connectivity index (χ4n) is 3.92. The van der Waals surface area contributed by atoms with Gasteiger partial charge in [-0.25, -0.2) is 0 Å². The van der Waals surface area contributed by atoms with Crippen molar-refractivity contribution in [3.05, 3.63) is 95.1 Å². The van der Waals surface area contributed by atoms with Gasteiger partial charge in [0.05, 0.1) is 0 Å². The maximum atomic E-state index is 13.1. The minimum absolute atomic E-state index is 0.116. The summed E-state index contributed by atoms with van der Waals surface area (Å²) in [6, 6.07) is 21.8. The Balaban J connectivity index is 1.67. The molecule has 0 unspecified atom stereocenters. The Bertz CT molecular complexity index is 1350. The van der Waals surface area contributed by atoms with Gasteiger partial charge >= 0.3 is 222 Å². The van der Waals surface area contributed by atoms with Gasteiger partial charge in [-0.1, -0.05) is 0 Å². The van der Waals surface area contributed by atoms with Gasteiger partial charge in [-0.3, -0.25) is 0 Å². The van der Waals surface area contributed by atoms with Gasteiger partial charge in [0.25, 0.3) is 0 Å². The Labute approximate surface area is 222 Å². The molecule has 0 bridgehead atoms. The minimum atomic E-state index is -1.05. The number of rotatable bonds is 9. The number of carboxylic acid groups (broad SMARTS) is 1. The Morgan fingerprint density at radius 1 is 0.919 bits per heavy atom. The number of hydrogen-bond acceptors (Lipinski definition) is 5. The molecule has 0 saturated heterocycles. The number of hydrogen-bond donors (Lipinski definition) is 2. The van der Waals surface area contributed by atoms with Crippen molar-refractivity contribution in [2.24, 2.45) is 0 Å². The second-order valence-corrected chi connectivity index (χ2v) is 11.2. The molecule has 3 aromatic carbocycles. The van der Waals surface area contributed by atoms with Crippen molar-refractivity contribution in [3.8, 4) is 0 Å². The second kappa shape index (κ2) is 11.6. The fourth-order valence-corrected chi connectivity index (χ4v) is 6.37. The summed E-state index contributed by atoms with van der Waals surface area (Å²) in [5, 5.41) is 13.5. The summed E-state index contributed by atoms with van der Waals surface area (Å²) in [6.45, 7) is 1.12. The molecule has 8 nitrogen and oxygen atoms in total. The summed E-state index contributed by atoms with van der Waals surface area (Å²) >= 11 is -0.645. The molecule has 3 aromatic rings. The molecule has 0 aliphatic carbocycles. The average Bonchev–Trinajstić information content (AvgIpc) is 3.22. The zero-order valence-electron chi connectivity index (χ0n) is 20.8. The second-order valence-electron chi connectivity index (χ2n) is 8.66. The van der Waals surface area contributed by atoms with Crippen LogP contribution < -0.4 is 9.67 Å². The normalized spacial score (nSPS) is 14.1. The predicted octanol–water partition coefficient (Wildman–Crippen LogP) is 2.80. The van der Waals surface area contributed by atoms with E-state index in [0.29, 0.717) is 35.5 Å². The summed E-state index contributed by atoms with van der Waals surface area (Å²) in [5.41, 5.74) is 3.29. The Hall–Kier alpha value is -3.71. The van der Waals surface area contributed by atoms with E-state index in [1.54, 1.807) is 18.2 Å². The van der Waals surface area contributed by atoms with Crippen molar-refractivity contribution in [2.45, 2.75) is 0 Å². The zero-order chi connectivity index (χ0) is 26.5. The van der Waals surface area contributed by atoms with Gasteiger partial charge in [0.1, 0.15) is 0 Å². The van der Waals surface area contributed by atoms with Crippen molar-refractivity contribution in [1.29, 1.82) is 0 Å². The average molecular weight is 560 g/mol. The van der Waals surface area contributed by atoms with Gasteiger partial charge in [0.15, 0.2) is 0 Å². The number of aromatic carboxylic acids is 1. The van der Waals surface area contributed by atoms with Gasteiger partial charge in [-0.2, -0.15) is 0 Å². The number of benzene rings is 3. The summed E-state index contributed by atoms with van der Waals surface area (Å²) in [4.78, 5) is 44.7. The van der Waals surface area contributed by atoms with E-state index in [0.717, 1.165) is 14.3 Å². The first kappa shape index (κ1) is 26.4. The number of fused-ring (bicyclic) bond motifs is 1. The third-order valence-corrected chi connectivity index (χ3v) is 8.49. The molecule has 1 aliphatic heterocycles. The van der Waals surface area contributed by atoms with Crippen LogP contribution in [0.15, 0.2) is 72.8 Å². The molecule has 4 rings (SSSR count). The maximum absolute atomic E-state index is 13.1. The molecule has 1 aliphatic rings. The van der Waals surface area contributed by atoms with Crippen LogP contribution in [0.1, 0.15) is 31.8 Å². The molecule has 0 spiro atoms. The van der Waals surface area contributed by atoms with E-state index in [4.69, 9.17) is 4.84 Å². The Kier molecular flexibility index (Phi) is 8.23. The molecule has 0 aromatic heterocycles. The Morgan fingerprint density at radius 3 is 2.22 bits per heavy atom. The molecule has 37 heavy (non-hydrogen) atoms. The molecule has 1 heterocycles. The van der Waals surface area contributed by atoms with Crippen molar-refractivity contribution in [3.63, 3.8) is 0 Å². The monoisotopic (exact) mass is 560 g/mol. The number of nitrogens with zero attached hydrogens (tertiary/aromatic N) is 2. The molecule has 2 N–H and O–H groups in total. The van der Waals surface area contributed by atoms with Crippen LogP contribution in [0.2, 0.25) is 0 Å². The van der Waals surface area contributed by atoms with Crippen LogP contribution in [0.25, 0.3) is 9.93 Å². The van der Waals surface area contributed by atoms with Crippen LogP contribution in [0.4, 0.5) is 5.69 Å². The molecule has 1 radical (unpaired) electrons. The van der Waals surface area contributed by atoms with Gasteiger partial charge in [-0.15, -0.1) is 0 Å². The van der Waals surface area contributed by atoms with Crippen molar-refractivity contribution >= 4 is 53.5 Å².